The molecule has 4 atom stereocenters. The molecule has 1 spiro atoms. The third kappa shape index (κ3) is 5.50. The number of nitrogens with one attached hydrogen (secondary N) is 1. The first-order valence-corrected chi connectivity index (χ1v) is 14.6. The SMILES string of the molecule is C[C@@H]1[C@H](CN2CCC3(CC2)C(=O)NCN3c2ccccc2)O[C@H](c2ccc(CN)cc2)O[C@@H]1c1ccc(CO)cc1. The van der Waals surface area contributed by atoms with Gasteiger partial charge in [0.25, 0.3) is 0 Å². The van der Waals surface area contributed by atoms with Crippen LogP contribution in [0, 0.1) is 5.92 Å². The molecule has 0 aliphatic carbocycles. The van der Waals surface area contributed by atoms with Crippen LogP contribution in [-0.4, -0.2) is 53.9 Å². The number of rotatable bonds is 7. The van der Waals surface area contributed by atoms with Gasteiger partial charge in [-0.2, -0.15) is 0 Å². The number of benzene rings is 3. The molecule has 41 heavy (non-hydrogen) atoms. The summed E-state index contributed by atoms with van der Waals surface area (Å²) in [5, 5.41) is 12.6. The van der Waals surface area contributed by atoms with Crippen LogP contribution in [0.25, 0.3) is 0 Å². The quantitative estimate of drug-likeness (QED) is 0.406. The fraction of sp³-hybridized carbons (Fsp3) is 0.424. The lowest BCUT2D eigenvalue weighted by Gasteiger charge is -2.46. The number of amides is 1. The fourth-order valence-corrected chi connectivity index (χ4v) is 6.53. The second-order valence-corrected chi connectivity index (χ2v) is 11.5. The molecule has 4 N–H and O–H groups in total. The van der Waals surface area contributed by atoms with Crippen LogP contribution >= 0.6 is 0 Å². The van der Waals surface area contributed by atoms with E-state index in [0.29, 0.717) is 13.2 Å². The maximum absolute atomic E-state index is 13.1. The first-order valence-electron chi connectivity index (χ1n) is 14.6. The van der Waals surface area contributed by atoms with Crippen molar-refractivity contribution in [1.29, 1.82) is 0 Å². The van der Waals surface area contributed by atoms with Gasteiger partial charge in [-0.25, -0.2) is 0 Å². The molecule has 0 unspecified atom stereocenters. The first kappa shape index (κ1) is 27.9. The minimum atomic E-state index is -0.510. The predicted molar refractivity (Wildman–Crippen MR) is 158 cm³/mol. The topological polar surface area (TPSA) is 100 Å². The summed E-state index contributed by atoms with van der Waals surface area (Å²) in [5.74, 6) is 0.227. The highest BCUT2D eigenvalue weighted by molar-refractivity contribution is 5.93. The summed E-state index contributed by atoms with van der Waals surface area (Å²) in [4.78, 5) is 17.8. The van der Waals surface area contributed by atoms with Crippen molar-refractivity contribution in [3.63, 3.8) is 0 Å². The highest BCUT2D eigenvalue weighted by Crippen LogP contribution is 2.43. The molecule has 3 heterocycles. The number of aliphatic hydroxyl groups excluding tert-OH is 1. The Morgan fingerprint density at radius 3 is 2.24 bits per heavy atom. The zero-order valence-electron chi connectivity index (χ0n) is 23.6. The summed E-state index contributed by atoms with van der Waals surface area (Å²) in [6.45, 7) is 5.63. The van der Waals surface area contributed by atoms with Gasteiger partial charge in [0, 0.05) is 43.3 Å². The Morgan fingerprint density at radius 1 is 0.927 bits per heavy atom. The number of para-hydroxylation sites is 1. The average molecular weight is 557 g/mol. The Kier molecular flexibility index (Phi) is 8.10. The van der Waals surface area contributed by atoms with Gasteiger partial charge in [-0.1, -0.05) is 73.7 Å². The van der Waals surface area contributed by atoms with Gasteiger partial charge in [0.05, 0.1) is 25.5 Å². The monoisotopic (exact) mass is 556 g/mol. The minimum absolute atomic E-state index is 0.0133. The van der Waals surface area contributed by atoms with Crippen molar-refractivity contribution in [3.8, 4) is 0 Å². The number of hydrogen-bond acceptors (Lipinski definition) is 7. The Balaban J connectivity index is 1.20. The van der Waals surface area contributed by atoms with Crippen LogP contribution in [0.4, 0.5) is 5.69 Å². The summed E-state index contributed by atoms with van der Waals surface area (Å²) in [6, 6.07) is 26.3. The van der Waals surface area contributed by atoms with Crippen LogP contribution in [0.15, 0.2) is 78.9 Å². The van der Waals surface area contributed by atoms with Gasteiger partial charge in [-0.3, -0.25) is 4.79 Å². The van der Waals surface area contributed by atoms with E-state index >= 15 is 0 Å². The Bertz CT molecular complexity index is 1310. The smallest absolute Gasteiger partial charge is 0.247 e. The second-order valence-electron chi connectivity index (χ2n) is 11.5. The highest BCUT2D eigenvalue weighted by atomic mass is 16.7. The molecule has 3 aliphatic heterocycles. The van der Waals surface area contributed by atoms with E-state index in [0.717, 1.165) is 60.4 Å². The van der Waals surface area contributed by atoms with Crippen LogP contribution in [0.5, 0.6) is 0 Å². The molecule has 3 aromatic carbocycles. The van der Waals surface area contributed by atoms with Gasteiger partial charge >= 0.3 is 0 Å². The molecule has 0 aromatic heterocycles. The van der Waals surface area contributed by atoms with E-state index in [1.54, 1.807) is 0 Å². The lowest BCUT2D eigenvalue weighted by Crippen LogP contribution is -2.57. The minimum Gasteiger partial charge on any atom is -0.392 e. The Labute approximate surface area is 242 Å². The van der Waals surface area contributed by atoms with Crippen molar-refractivity contribution in [2.45, 2.75) is 57.0 Å². The number of likely N-dealkylation sites (tertiary alicyclic amines) is 1. The molecular formula is C33H40N4O4. The Morgan fingerprint density at radius 2 is 1.59 bits per heavy atom. The number of aliphatic hydroxyl groups is 1. The van der Waals surface area contributed by atoms with Crippen molar-refractivity contribution in [2.24, 2.45) is 11.7 Å². The molecule has 3 aliphatic rings. The third-order valence-corrected chi connectivity index (χ3v) is 9.14. The summed E-state index contributed by atoms with van der Waals surface area (Å²) in [5.41, 5.74) is 10.4. The molecule has 0 saturated carbocycles. The fourth-order valence-electron chi connectivity index (χ4n) is 6.53. The van der Waals surface area contributed by atoms with Gasteiger partial charge in [-0.15, -0.1) is 0 Å². The van der Waals surface area contributed by atoms with Crippen LogP contribution < -0.4 is 16.0 Å². The van der Waals surface area contributed by atoms with Crippen molar-refractivity contribution in [1.82, 2.24) is 10.2 Å². The number of nitrogens with zero attached hydrogens (tertiary/aromatic N) is 2. The molecule has 3 fully saturated rings. The number of piperidine rings is 1. The standard InChI is InChI=1S/C33H40N4O4/c1-23-29(20-36-17-15-33(16-18-36)32(39)35-22-37(33)28-5-3-2-4-6-28)40-31(27-13-7-24(19-34)8-14-27)41-30(23)26-11-9-25(21-38)10-12-26/h2-14,23,29-31,38H,15-22,34H2,1H3,(H,35,39)/t23-,29+,30+,31+/m1/s1. The molecule has 0 radical (unpaired) electrons. The van der Waals surface area contributed by atoms with E-state index in [4.69, 9.17) is 15.2 Å². The normalized spacial score (nSPS) is 26.3. The Hall–Kier alpha value is -3.27. The number of nitrogens with two attached hydrogens (primary N) is 1. The van der Waals surface area contributed by atoms with Crippen molar-refractivity contribution < 1.29 is 19.4 Å². The van der Waals surface area contributed by atoms with E-state index in [1.165, 1.54) is 0 Å². The molecule has 6 rings (SSSR count). The summed E-state index contributed by atoms with van der Waals surface area (Å²) < 4.78 is 13.3. The number of carbonyl (C=O) groups excluding carboxylic acids is 1. The lowest BCUT2D eigenvalue weighted by atomic mass is 9.84. The largest absolute Gasteiger partial charge is 0.392 e. The molecule has 3 saturated heterocycles. The highest BCUT2D eigenvalue weighted by Gasteiger charge is 2.51. The predicted octanol–water partition coefficient (Wildman–Crippen LogP) is 3.86. The summed E-state index contributed by atoms with van der Waals surface area (Å²) in [6.07, 6.45) is 0.798. The number of carbonyl (C=O) groups is 1. The molecule has 3 aromatic rings. The van der Waals surface area contributed by atoms with Gasteiger partial charge in [-0.05, 0) is 41.7 Å². The number of anilines is 1. The second kappa shape index (κ2) is 11.9. The van der Waals surface area contributed by atoms with Crippen LogP contribution in [0.3, 0.4) is 0 Å². The van der Waals surface area contributed by atoms with Crippen LogP contribution in [-0.2, 0) is 27.4 Å². The third-order valence-electron chi connectivity index (χ3n) is 9.14. The first-order chi connectivity index (χ1) is 20.0. The zero-order chi connectivity index (χ0) is 28.4. The van der Waals surface area contributed by atoms with Gasteiger partial charge < -0.3 is 35.4 Å². The van der Waals surface area contributed by atoms with Crippen molar-refractivity contribution in [2.75, 3.05) is 31.2 Å². The van der Waals surface area contributed by atoms with E-state index in [-0.39, 0.29) is 30.6 Å². The molecule has 0 bridgehead atoms. The molecule has 8 nitrogen and oxygen atoms in total. The number of ether oxygens (including phenoxy) is 2. The summed E-state index contributed by atoms with van der Waals surface area (Å²) in [7, 11) is 0. The van der Waals surface area contributed by atoms with Crippen LogP contribution in [0.1, 0.15) is 54.4 Å². The van der Waals surface area contributed by atoms with Gasteiger partial charge in [0.2, 0.25) is 5.91 Å². The lowest BCUT2D eigenvalue weighted by molar-refractivity contribution is -0.276. The van der Waals surface area contributed by atoms with E-state index in [1.807, 2.05) is 66.7 Å². The van der Waals surface area contributed by atoms with Crippen molar-refractivity contribution in [3.05, 3.63) is 101 Å². The molecular weight excluding hydrogens is 516 g/mol. The summed E-state index contributed by atoms with van der Waals surface area (Å²) >= 11 is 0. The van der Waals surface area contributed by atoms with Crippen LogP contribution in [0.2, 0.25) is 0 Å². The van der Waals surface area contributed by atoms with Gasteiger partial charge in [0.15, 0.2) is 6.29 Å². The van der Waals surface area contributed by atoms with Crippen molar-refractivity contribution >= 4 is 11.6 Å². The number of hydrogen-bond donors (Lipinski definition) is 3. The molecule has 1 amide bonds. The van der Waals surface area contributed by atoms with E-state index < -0.39 is 11.8 Å². The van der Waals surface area contributed by atoms with E-state index in [2.05, 4.69) is 34.2 Å². The molecule has 216 valence electrons. The van der Waals surface area contributed by atoms with Gasteiger partial charge in [0.1, 0.15) is 5.54 Å². The zero-order valence-corrected chi connectivity index (χ0v) is 23.6. The maximum Gasteiger partial charge on any atom is 0.247 e. The molecule has 8 heteroatoms. The van der Waals surface area contributed by atoms with E-state index in [9.17, 15) is 9.90 Å². The maximum atomic E-state index is 13.1. The average Bonchev–Trinajstić information content (AvgIpc) is 3.34.